The monoisotopic (exact) mass is 434 g/mol. The van der Waals surface area contributed by atoms with E-state index in [4.69, 9.17) is 14.2 Å². The standard InChI is InChI=1S/C23H26N6O3/c1-18-4-2-5-19(14-18)16-25-28-21-15-22(29-8-10-30-11-9-29)27-23(26-21)32-13-12-31-20-6-3-7-24-17-20/h2-7,14-17H,8-13H2,1H3,(H,26,27,28). The Morgan fingerprint density at radius 3 is 2.78 bits per heavy atom. The predicted octanol–water partition coefficient (Wildman–Crippen LogP) is 2.92. The molecular formula is C23H26N6O3. The van der Waals surface area contributed by atoms with Crippen molar-refractivity contribution < 1.29 is 14.2 Å². The summed E-state index contributed by atoms with van der Waals surface area (Å²) >= 11 is 0. The molecule has 1 aliphatic rings. The maximum absolute atomic E-state index is 5.76. The number of ether oxygens (including phenoxy) is 3. The number of hydrogen-bond acceptors (Lipinski definition) is 9. The number of benzene rings is 1. The molecule has 166 valence electrons. The molecule has 1 saturated heterocycles. The molecule has 0 amide bonds. The summed E-state index contributed by atoms with van der Waals surface area (Å²) < 4.78 is 16.8. The Kier molecular flexibility index (Phi) is 7.43. The normalized spacial score (nSPS) is 13.8. The molecule has 0 bridgehead atoms. The van der Waals surface area contributed by atoms with Crippen molar-refractivity contribution in [3.8, 4) is 11.8 Å². The highest BCUT2D eigenvalue weighted by Crippen LogP contribution is 2.20. The van der Waals surface area contributed by atoms with E-state index in [9.17, 15) is 0 Å². The zero-order valence-corrected chi connectivity index (χ0v) is 18.0. The summed E-state index contributed by atoms with van der Waals surface area (Å²) in [5, 5.41) is 4.32. The van der Waals surface area contributed by atoms with E-state index in [1.807, 2.05) is 43.3 Å². The average molecular weight is 435 g/mol. The number of pyridine rings is 1. The average Bonchev–Trinajstić information content (AvgIpc) is 2.83. The van der Waals surface area contributed by atoms with Crippen LogP contribution in [0.3, 0.4) is 0 Å². The van der Waals surface area contributed by atoms with Gasteiger partial charge in [-0.2, -0.15) is 15.1 Å². The second-order valence-corrected chi connectivity index (χ2v) is 7.16. The van der Waals surface area contributed by atoms with Gasteiger partial charge in [0.15, 0.2) is 5.82 Å². The molecular weight excluding hydrogens is 408 g/mol. The van der Waals surface area contributed by atoms with Crippen LogP contribution in [0, 0.1) is 6.92 Å². The lowest BCUT2D eigenvalue weighted by Crippen LogP contribution is -2.36. The van der Waals surface area contributed by atoms with Crippen molar-refractivity contribution in [3.63, 3.8) is 0 Å². The smallest absolute Gasteiger partial charge is 0.320 e. The lowest BCUT2D eigenvalue weighted by atomic mass is 10.2. The van der Waals surface area contributed by atoms with Gasteiger partial charge in [0.2, 0.25) is 0 Å². The lowest BCUT2D eigenvalue weighted by molar-refractivity contribution is 0.122. The van der Waals surface area contributed by atoms with E-state index in [1.165, 1.54) is 5.56 Å². The van der Waals surface area contributed by atoms with Gasteiger partial charge in [-0.1, -0.05) is 29.8 Å². The summed E-state index contributed by atoms with van der Waals surface area (Å²) in [7, 11) is 0. The third kappa shape index (κ3) is 6.39. The van der Waals surface area contributed by atoms with Gasteiger partial charge in [-0.15, -0.1) is 0 Å². The molecule has 0 aliphatic carbocycles. The molecule has 0 radical (unpaired) electrons. The van der Waals surface area contributed by atoms with Crippen LogP contribution >= 0.6 is 0 Å². The van der Waals surface area contributed by atoms with Crippen LogP contribution in [0.1, 0.15) is 11.1 Å². The summed E-state index contributed by atoms with van der Waals surface area (Å²) in [5.41, 5.74) is 5.17. The fourth-order valence-electron chi connectivity index (χ4n) is 3.14. The van der Waals surface area contributed by atoms with E-state index in [-0.39, 0.29) is 6.01 Å². The van der Waals surface area contributed by atoms with Gasteiger partial charge >= 0.3 is 6.01 Å². The number of nitrogens with zero attached hydrogens (tertiary/aromatic N) is 5. The first-order valence-electron chi connectivity index (χ1n) is 10.5. The van der Waals surface area contributed by atoms with Gasteiger partial charge in [-0.25, -0.2) is 0 Å². The highest BCUT2D eigenvalue weighted by atomic mass is 16.5. The summed E-state index contributed by atoms with van der Waals surface area (Å²) in [5.74, 6) is 2.00. The van der Waals surface area contributed by atoms with Gasteiger partial charge < -0.3 is 19.1 Å². The summed E-state index contributed by atoms with van der Waals surface area (Å²) in [6.07, 6.45) is 5.11. The van der Waals surface area contributed by atoms with Crippen molar-refractivity contribution in [1.29, 1.82) is 0 Å². The molecule has 0 atom stereocenters. The van der Waals surface area contributed by atoms with Crippen LogP contribution in [0.15, 0.2) is 60.0 Å². The molecule has 9 heteroatoms. The van der Waals surface area contributed by atoms with Gasteiger partial charge in [-0.05, 0) is 24.6 Å². The van der Waals surface area contributed by atoms with Crippen LogP contribution in [0.5, 0.6) is 11.8 Å². The zero-order chi connectivity index (χ0) is 22.0. The van der Waals surface area contributed by atoms with Gasteiger partial charge in [0.1, 0.15) is 24.8 Å². The minimum atomic E-state index is 0.261. The van der Waals surface area contributed by atoms with Crippen LogP contribution in [-0.4, -0.2) is 60.7 Å². The van der Waals surface area contributed by atoms with Crippen LogP contribution in [0.2, 0.25) is 0 Å². The number of nitrogens with one attached hydrogen (secondary N) is 1. The third-order valence-corrected chi connectivity index (χ3v) is 4.68. The Labute approximate surface area is 187 Å². The molecule has 4 rings (SSSR count). The number of aromatic nitrogens is 3. The molecule has 9 nitrogen and oxygen atoms in total. The molecule has 0 unspecified atom stereocenters. The van der Waals surface area contributed by atoms with Crippen molar-refractivity contribution in [2.75, 3.05) is 49.8 Å². The fourth-order valence-corrected chi connectivity index (χ4v) is 3.14. The van der Waals surface area contributed by atoms with Gasteiger partial charge in [-0.3, -0.25) is 10.4 Å². The highest BCUT2D eigenvalue weighted by Gasteiger charge is 2.15. The summed E-state index contributed by atoms with van der Waals surface area (Å²) in [4.78, 5) is 15.2. The Balaban J connectivity index is 1.42. The minimum Gasteiger partial charge on any atom is -0.488 e. The van der Waals surface area contributed by atoms with Crippen molar-refractivity contribution in [1.82, 2.24) is 15.0 Å². The molecule has 32 heavy (non-hydrogen) atoms. The van der Waals surface area contributed by atoms with Crippen molar-refractivity contribution >= 4 is 17.9 Å². The van der Waals surface area contributed by atoms with E-state index in [2.05, 4.69) is 36.4 Å². The number of aryl methyl sites for hydroxylation is 1. The molecule has 3 aromatic rings. The first kappa shape index (κ1) is 21.5. The number of hydrogen-bond donors (Lipinski definition) is 1. The van der Waals surface area contributed by atoms with Crippen LogP contribution < -0.4 is 19.8 Å². The molecule has 0 spiro atoms. The van der Waals surface area contributed by atoms with E-state index >= 15 is 0 Å². The SMILES string of the molecule is Cc1cccc(C=NNc2cc(N3CCOCC3)nc(OCCOc3cccnc3)n2)c1. The Morgan fingerprint density at radius 1 is 1.09 bits per heavy atom. The fraction of sp³-hybridized carbons (Fsp3) is 0.304. The van der Waals surface area contributed by atoms with E-state index in [1.54, 1.807) is 18.6 Å². The van der Waals surface area contributed by atoms with Gasteiger partial charge in [0.25, 0.3) is 0 Å². The minimum absolute atomic E-state index is 0.261. The maximum atomic E-state index is 5.76. The second-order valence-electron chi connectivity index (χ2n) is 7.16. The number of hydrazone groups is 1. The van der Waals surface area contributed by atoms with E-state index < -0.39 is 0 Å². The molecule has 1 aromatic carbocycles. The Morgan fingerprint density at radius 2 is 1.97 bits per heavy atom. The first-order chi connectivity index (χ1) is 15.8. The number of morpholine rings is 1. The van der Waals surface area contributed by atoms with Gasteiger partial charge in [0, 0.05) is 25.4 Å². The van der Waals surface area contributed by atoms with Gasteiger partial charge in [0.05, 0.1) is 25.6 Å². The zero-order valence-electron chi connectivity index (χ0n) is 18.0. The van der Waals surface area contributed by atoms with E-state index in [0.29, 0.717) is 38.0 Å². The lowest BCUT2D eigenvalue weighted by Gasteiger charge is -2.28. The first-order valence-corrected chi connectivity index (χ1v) is 10.5. The quantitative estimate of drug-likeness (QED) is 0.312. The van der Waals surface area contributed by atoms with Crippen LogP contribution in [-0.2, 0) is 4.74 Å². The second kappa shape index (κ2) is 11.1. The molecule has 1 fully saturated rings. The largest absolute Gasteiger partial charge is 0.488 e. The van der Waals surface area contributed by atoms with Crippen LogP contribution in [0.4, 0.5) is 11.6 Å². The number of anilines is 2. The molecule has 3 heterocycles. The summed E-state index contributed by atoms with van der Waals surface area (Å²) in [6, 6.07) is 13.9. The highest BCUT2D eigenvalue weighted by molar-refractivity contribution is 5.80. The topological polar surface area (TPSA) is 94.0 Å². The van der Waals surface area contributed by atoms with Crippen LogP contribution in [0.25, 0.3) is 0 Å². The number of rotatable bonds is 9. The Bertz CT molecular complexity index is 1030. The predicted molar refractivity (Wildman–Crippen MR) is 123 cm³/mol. The summed E-state index contributed by atoms with van der Waals surface area (Å²) in [6.45, 7) is 5.53. The molecule has 1 aliphatic heterocycles. The van der Waals surface area contributed by atoms with E-state index in [0.717, 1.165) is 24.5 Å². The maximum Gasteiger partial charge on any atom is 0.320 e. The van der Waals surface area contributed by atoms with Crippen molar-refractivity contribution in [2.24, 2.45) is 5.10 Å². The van der Waals surface area contributed by atoms with Crippen molar-refractivity contribution in [2.45, 2.75) is 6.92 Å². The molecule has 0 saturated carbocycles. The van der Waals surface area contributed by atoms with Crippen molar-refractivity contribution in [3.05, 3.63) is 66.0 Å². The molecule has 1 N–H and O–H groups in total. The third-order valence-electron chi connectivity index (χ3n) is 4.68. The molecule has 2 aromatic heterocycles. The Hall–Kier alpha value is -3.72.